The maximum Gasteiger partial charge on any atom is 0.272 e. The summed E-state index contributed by atoms with van der Waals surface area (Å²) in [6.07, 6.45) is 3.98. The van der Waals surface area contributed by atoms with E-state index in [0.29, 0.717) is 12.8 Å². The zero-order valence-electron chi connectivity index (χ0n) is 14.9. The fourth-order valence-electron chi connectivity index (χ4n) is 2.48. The Balaban J connectivity index is 2.10. The average molecular weight is 356 g/mol. The fourth-order valence-corrected chi connectivity index (χ4v) is 2.48. The normalized spacial score (nSPS) is 13.1. The molecule has 0 aliphatic rings. The third kappa shape index (κ3) is 6.25. The minimum atomic E-state index is -0.964. The molecule has 0 fully saturated rings. The summed E-state index contributed by atoms with van der Waals surface area (Å²) in [5.41, 5.74) is 1.02. The quantitative estimate of drug-likeness (QED) is 0.619. The van der Waals surface area contributed by atoms with E-state index in [9.17, 15) is 14.7 Å². The third-order valence-corrected chi connectivity index (χ3v) is 3.70. The summed E-state index contributed by atoms with van der Waals surface area (Å²) in [4.78, 5) is 32.7. The molecule has 2 atom stereocenters. The van der Waals surface area contributed by atoms with Gasteiger partial charge in [0.2, 0.25) is 5.91 Å². The van der Waals surface area contributed by atoms with Gasteiger partial charge in [0.15, 0.2) is 0 Å². The Morgan fingerprint density at radius 2 is 1.85 bits per heavy atom. The maximum absolute atomic E-state index is 12.6. The molecule has 26 heavy (non-hydrogen) atoms. The molecule has 1 heterocycles. The number of aliphatic hydroxyl groups is 1. The monoisotopic (exact) mass is 356 g/mol. The Hall–Kier alpha value is -2.80. The first-order chi connectivity index (χ1) is 12.5. The van der Waals surface area contributed by atoms with Gasteiger partial charge in [0.05, 0.1) is 6.20 Å². The van der Waals surface area contributed by atoms with E-state index in [0.717, 1.165) is 5.56 Å². The molecule has 7 heteroatoms. The van der Waals surface area contributed by atoms with Gasteiger partial charge < -0.3 is 15.7 Å². The molecular weight excluding hydrogens is 332 g/mol. The lowest BCUT2D eigenvalue weighted by Crippen LogP contribution is -2.51. The molecule has 0 saturated heterocycles. The largest absolute Gasteiger partial charge is 0.374 e. The number of carbonyl (C=O) groups is 2. The van der Waals surface area contributed by atoms with Crippen LogP contribution in [0.5, 0.6) is 0 Å². The maximum atomic E-state index is 12.6. The summed E-state index contributed by atoms with van der Waals surface area (Å²) in [6.45, 7) is 3.90. The lowest BCUT2D eigenvalue weighted by atomic mass is 10.0. The summed E-state index contributed by atoms with van der Waals surface area (Å²) >= 11 is 0. The Kier molecular flexibility index (Phi) is 7.23. The molecule has 1 unspecified atom stereocenters. The van der Waals surface area contributed by atoms with Crippen LogP contribution in [-0.2, 0) is 11.2 Å². The molecule has 0 spiro atoms. The number of hydrogen-bond donors (Lipinski definition) is 3. The third-order valence-electron chi connectivity index (χ3n) is 3.70. The molecule has 7 nitrogen and oxygen atoms in total. The molecule has 2 aromatic rings. The van der Waals surface area contributed by atoms with Crippen LogP contribution in [0.1, 0.15) is 36.3 Å². The van der Waals surface area contributed by atoms with Crippen LogP contribution in [-0.4, -0.2) is 39.2 Å². The van der Waals surface area contributed by atoms with Crippen LogP contribution in [0.4, 0.5) is 0 Å². The Labute approximate surface area is 152 Å². The van der Waals surface area contributed by atoms with Gasteiger partial charge in [-0.25, -0.2) is 4.98 Å². The zero-order chi connectivity index (χ0) is 18.9. The van der Waals surface area contributed by atoms with Crippen molar-refractivity contribution in [3.63, 3.8) is 0 Å². The van der Waals surface area contributed by atoms with Gasteiger partial charge in [-0.15, -0.1) is 0 Å². The number of aromatic nitrogens is 2. The van der Waals surface area contributed by atoms with Crippen molar-refractivity contribution in [3.05, 3.63) is 60.2 Å². The van der Waals surface area contributed by atoms with Gasteiger partial charge in [-0.3, -0.25) is 14.6 Å². The SMILES string of the molecule is CC(C)CC(O)NC(=O)[C@@H](Cc1ccccc1)NC(=O)c1cnccn1. The molecule has 0 bridgehead atoms. The Morgan fingerprint density at radius 1 is 1.12 bits per heavy atom. The van der Waals surface area contributed by atoms with Gasteiger partial charge in [-0.2, -0.15) is 0 Å². The first-order valence-electron chi connectivity index (χ1n) is 8.55. The molecule has 138 valence electrons. The van der Waals surface area contributed by atoms with E-state index < -0.39 is 24.1 Å². The Morgan fingerprint density at radius 3 is 2.46 bits per heavy atom. The van der Waals surface area contributed by atoms with Crippen LogP contribution in [0.25, 0.3) is 0 Å². The second kappa shape index (κ2) is 9.62. The first kappa shape index (κ1) is 19.5. The van der Waals surface area contributed by atoms with E-state index in [1.165, 1.54) is 18.6 Å². The van der Waals surface area contributed by atoms with Gasteiger partial charge in [-0.1, -0.05) is 44.2 Å². The number of hydrogen-bond acceptors (Lipinski definition) is 5. The van der Waals surface area contributed by atoms with Crippen molar-refractivity contribution in [1.82, 2.24) is 20.6 Å². The van der Waals surface area contributed by atoms with Crippen LogP contribution in [0.2, 0.25) is 0 Å². The highest BCUT2D eigenvalue weighted by atomic mass is 16.3. The standard InChI is InChI=1S/C19H24N4O3/c1-13(2)10-17(24)23-18(25)15(11-14-6-4-3-5-7-14)22-19(26)16-12-20-8-9-21-16/h3-9,12-13,15,17,24H,10-11H2,1-2H3,(H,22,26)(H,23,25)/t15-,17?/m1/s1. The van der Waals surface area contributed by atoms with Crippen molar-refractivity contribution >= 4 is 11.8 Å². The van der Waals surface area contributed by atoms with Crippen LogP contribution in [0.3, 0.4) is 0 Å². The molecule has 0 saturated carbocycles. The van der Waals surface area contributed by atoms with Gasteiger partial charge in [0.25, 0.3) is 5.91 Å². The van der Waals surface area contributed by atoms with Crippen LogP contribution in [0.15, 0.2) is 48.9 Å². The van der Waals surface area contributed by atoms with Crippen molar-refractivity contribution in [2.45, 2.75) is 39.0 Å². The van der Waals surface area contributed by atoms with E-state index in [4.69, 9.17) is 0 Å². The molecule has 0 radical (unpaired) electrons. The molecule has 2 amide bonds. The molecular formula is C19H24N4O3. The summed E-state index contributed by atoms with van der Waals surface area (Å²) in [5, 5.41) is 15.2. The minimum absolute atomic E-state index is 0.126. The zero-order valence-corrected chi connectivity index (χ0v) is 14.9. The van der Waals surface area contributed by atoms with Crippen LogP contribution < -0.4 is 10.6 Å². The average Bonchev–Trinajstić information content (AvgIpc) is 2.62. The molecule has 3 N–H and O–H groups in total. The predicted molar refractivity (Wildman–Crippen MR) is 97.0 cm³/mol. The highest BCUT2D eigenvalue weighted by Gasteiger charge is 2.24. The van der Waals surface area contributed by atoms with Crippen molar-refractivity contribution in [2.75, 3.05) is 0 Å². The number of amides is 2. The van der Waals surface area contributed by atoms with Crippen LogP contribution in [0, 0.1) is 5.92 Å². The Bertz CT molecular complexity index is 707. The van der Waals surface area contributed by atoms with Gasteiger partial charge >= 0.3 is 0 Å². The molecule has 1 aromatic carbocycles. The summed E-state index contributed by atoms with van der Waals surface area (Å²) in [6, 6.07) is 8.51. The summed E-state index contributed by atoms with van der Waals surface area (Å²) in [7, 11) is 0. The lowest BCUT2D eigenvalue weighted by molar-refractivity contribution is -0.126. The minimum Gasteiger partial charge on any atom is -0.374 e. The highest BCUT2D eigenvalue weighted by Crippen LogP contribution is 2.07. The number of rotatable bonds is 8. The van der Waals surface area contributed by atoms with E-state index in [1.54, 1.807) is 0 Å². The van der Waals surface area contributed by atoms with Gasteiger partial charge in [0, 0.05) is 18.8 Å². The number of nitrogens with zero attached hydrogens (tertiary/aromatic N) is 2. The summed E-state index contributed by atoms with van der Waals surface area (Å²) < 4.78 is 0. The second-order valence-electron chi connectivity index (χ2n) is 6.46. The highest BCUT2D eigenvalue weighted by molar-refractivity contribution is 5.96. The number of aliphatic hydroxyl groups excluding tert-OH is 1. The van der Waals surface area contributed by atoms with Crippen LogP contribution >= 0.6 is 0 Å². The van der Waals surface area contributed by atoms with E-state index in [-0.39, 0.29) is 11.6 Å². The number of nitrogens with one attached hydrogen (secondary N) is 2. The van der Waals surface area contributed by atoms with Crippen molar-refractivity contribution in [2.24, 2.45) is 5.92 Å². The molecule has 0 aliphatic carbocycles. The number of benzene rings is 1. The van der Waals surface area contributed by atoms with Crippen molar-refractivity contribution in [3.8, 4) is 0 Å². The van der Waals surface area contributed by atoms with Crippen molar-refractivity contribution < 1.29 is 14.7 Å². The van der Waals surface area contributed by atoms with E-state index in [1.807, 2.05) is 44.2 Å². The summed E-state index contributed by atoms with van der Waals surface area (Å²) in [5.74, 6) is -0.709. The fraction of sp³-hybridized carbons (Fsp3) is 0.368. The molecule has 0 aliphatic heterocycles. The predicted octanol–water partition coefficient (Wildman–Crippen LogP) is 1.30. The van der Waals surface area contributed by atoms with E-state index >= 15 is 0 Å². The van der Waals surface area contributed by atoms with Gasteiger partial charge in [-0.05, 0) is 17.9 Å². The molecule has 2 rings (SSSR count). The second-order valence-corrected chi connectivity index (χ2v) is 6.46. The van der Waals surface area contributed by atoms with Gasteiger partial charge in [0.1, 0.15) is 18.0 Å². The molecule has 1 aromatic heterocycles. The first-order valence-corrected chi connectivity index (χ1v) is 8.55. The number of carbonyl (C=O) groups excluding carboxylic acids is 2. The topological polar surface area (TPSA) is 104 Å². The van der Waals surface area contributed by atoms with Crippen molar-refractivity contribution in [1.29, 1.82) is 0 Å². The lowest BCUT2D eigenvalue weighted by Gasteiger charge is -2.21. The smallest absolute Gasteiger partial charge is 0.272 e. The van der Waals surface area contributed by atoms with E-state index in [2.05, 4.69) is 20.6 Å².